The molecule has 20 heavy (non-hydrogen) atoms. The molecule has 0 radical (unpaired) electrons. The lowest BCUT2D eigenvalue weighted by atomic mass is 10.0. The van der Waals surface area contributed by atoms with E-state index in [1.807, 2.05) is 17.9 Å². The van der Waals surface area contributed by atoms with Crippen LogP contribution in [0.15, 0.2) is 18.2 Å². The van der Waals surface area contributed by atoms with Crippen LogP contribution in [0.4, 0.5) is 0 Å². The summed E-state index contributed by atoms with van der Waals surface area (Å²) >= 11 is 6.00. The number of nitrogens with zero attached hydrogens (tertiary/aromatic N) is 1. The number of hydrogen-bond donors (Lipinski definition) is 0. The quantitative estimate of drug-likeness (QED) is 0.799. The highest BCUT2D eigenvalue weighted by molar-refractivity contribution is 6.31. The lowest BCUT2D eigenvalue weighted by molar-refractivity contribution is -0.183. The van der Waals surface area contributed by atoms with Gasteiger partial charge in [-0.1, -0.05) is 11.6 Å². The summed E-state index contributed by atoms with van der Waals surface area (Å²) in [5.41, 5.74) is 1.58. The van der Waals surface area contributed by atoms with Crippen LogP contribution in [0.3, 0.4) is 0 Å². The fourth-order valence-electron chi connectivity index (χ4n) is 2.85. The van der Waals surface area contributed by atoms with Crippen LogP contribution in [0.5, 0.6) is 0 Å². The van der Waals surface area contributed by atoms with Crippen LogP contribution in [0, 0.1) is 6.92 Å². The third-order valence-corrected chi connectivity index (χ3v) is 4.35. The Bertz CT molecular complexity index is 526. The summed E-state index contributed by atoms with van der Waals surface area (Å²) in [6, 6.07) is 5.38. The van der Waals surface area contributed by atoms with Crippen LogP contribution < -0.4 is 0 Å². The lowest BCUT2D eigenvalue weighted by Crippen LogP contribution is -2.51. The molecule has 0 N–H and O–H groups in total. The van der Waals surface area contributed by atoms with Crippen LogP contribution in [0.1, 0.15) is 28.8 Å². The van der Waals surface area contributed by atoms with E-state index in [4.69, 9.17) is 21.1 Å². The van der Waals surface area contributed by atoms with Gasteiger partial charge in [-0.3, -0.25) is 4.79 Å². The molecule has 5 heteroatoms. The van der Waals surface area contributed by atoms with Crippen molar-refractivity contribution in [1.82, 2.24) is 4.90 Å². The molecule has 2 heterocycles. The summed E-state index contributed by atoms with van der Waals surface area (Å²) in [6.07, 6.45) is 1.76. The Balaban J connectivity index is 1.77. The minimum atomic E-state index is -0.574. The molecule has 2 saturated heterocycles. The average molecular weight is 296 g/mol. The minimum Gasteiger partial charge on any atom is -0.346 e. The maximum Gasteiger partial charge on any atom is 0.254 e. The van der Waals surface area contributed by atoms with Gasteiger partial charge in [-0.2, -0.15) is 0 Å². The number of carbonyl (C=O) groups is 1. The minimum absolute atomic E-state index is 0.0166. The maximum atomic E-state index is 12.6. The lowest BCUT2D eigenvalue weighted by Gasteiger charge is -2.38. The molecule has 1 spiro atoms. The van der Waals surface area contributed by atoms with E-state index in [1.165, 1.54) is 0 Å². The summed E-state index contributed by atoms with van der Waals surface area (Å²) in [4.78, 5) is 14.4. The van der Waals surface area contributed by atoms with E-state index in [0.717, 1.165) is 24.9 Å². The summed E-state index contributed by atoms with van der Waals surface area (Å²) < 4.78 is 11.4. The van der Waals surface area contributed by atoms with Gasteiger partial charge in [-0.25, -0.2) is 0 Å². The van der Waals surface area contributed by atoms with Gasteiger partial charge in [0.1, 0.15) is 0 Å². The second kappa shape index (κ2) is 5.35. The van der Waals surface area contributed by atoms with E-state index in [2.05, 4.69) is 0 Å². The molecule has 0 aromatic heterocycles. The van der Waals surface area contributed by atoms with Crippen molar-refractivity contribution in [3.05, 3.63) is 34.3 Å². The Hall–Kier alpha value is -1.10. The highest BCUT2D eigenvalue weighted by Gasteiger charge is 2.42. The molecular weight excluding hydrogens is 278 g/mol. The first-order valence-electron chi connectivity index (χ1n) is 6.93. The van der Waals surface area contributed by atoms with Crippen LogP contribution >= 0.6 is 11.6 Å². The molecule has 0 unspecified atom stereocenters. The number of rotatable bonds is 1. The Labute approximate surface area is 123 Å². The molecule has 108 valence electrons. The molecule has 3 rings (SSSR count). The smallest absolute Gasteiger partial charge is 0.254 e. The van der Waals surface area contributed by atoms with Gasteiger partial charge in [0.2, 0.25) is 0 Å². The van der Waals surface area contributed by atoms with Crippen LogP contribution in [-0.2, 0) is 9.47 Å². The van der Waals surface area contributed by atoms with Crippen molar-refractivity contribution in [3.63, 3.8) is 0 Å². The van der Waals surface area contributed by atoms with E-state index in [0.29, 0.717) is 30.3 Å². The second-order valence-electron chi connectivity index (χ2n) is 5.40. The molecule has 0 aliphatic carbocycles. The van der Waals surface area contributed by atoms with E-state index in [1.54, 1.807) is 12.1 Å². The van der Waals surface area contributed by atoms with Gasteiger partial charge in [0.05, 0.1) is 19.8 Å². The van der Waals surface area contributed by atoms with Gasteiger partial charge in [-0.05, 0) is 37.1 Å². The number of halogens is 1. The van der Waals surface area contributed by atoms with Gasteiger partial charge in [0.15, 0.2) is 5.79 Å². The Kier molecular flexibility index (Phi) is 3.71. The fourth-order valence-corrected chi connectivity index (χ4v) is 2.97. The van der Waals surface area contributed by atoms with Crippen LogP contribution in [-0.4, -0.2) is 42.9 Å². The fraction of sp³-hybridized carbons (Fsp3) is 0.533. The molecule has 2 aliphatic heterocycles. The molecule has 1 amide bonds. The number of ether oxygens (including phenoxy) is 2. The summed E-state index contributed by atoms with van der Waals surface area (Å²) in [5, 5.41) is 0.680. The second-order valence-corrected chi connectivity index (χ2v) is 5.81. The molecule has 4 nitrogen and oxygen atoms in total. The van der Waals surface area contributed by atoms with Gasteiger partial charge in [0.25, 0.3) is 5.91 Å². The SMILES string of the molecule is Cc1cc(C(=O)N2CCCC3(C2)OCCO3)ccc1Cl. The van der Waals surface area contributed by atoms with E-state index >= 15 is 0 Å². The first kappa shape index (κ1) is 13.9. The Morgan fingerprint density at radius 3 is 2.80 bits per heavy atom. The molecular formula is C15H18ClNO3. The highest BCUT2D eigenvalue weighted by atomic mass is 35.5. The zero-order valence-electron chi connectivity index (χ0n) is 11.5. The van der Waals surface area contributed by atoms with Gasteiger partial charge >= 0.3 is 0 Å². The predicted octanol–water partition coefficient (Wildman–Crippen LogP) is 2.63. The molecule has 0 bridgehead atoms. The highest BCUT2D eigenvalue weighted by Crippen LogP contribution is 2.31. The van der Waals surface area contributed by atoms with Crippen molar-refractivity contribution in [2.45, 2.75) is 25.6 Å². The molecule has 2 fully saturated rings. The summed E-state index contributed by atoms with van der Waals surface area (Å²) in [7, 11) is 0. The number of hydrogen-bond acceptors (Lipinski definition) is 3. The molecule has 1 aromatic rings. The number of aryl methyl sites for hydroxylation is 1. The van der Waals surface area contributed by atoms with Crippen LogP contribution in [0.25, 0.3) is 0 Å². The predicted molar refractivity (Wildman–Crippen MR) is 76.0 cm³/mol. The first-order chi connectivity index (χ1) is 9.60. The van der Waals surface area contributed by atoms with Gasteiger partial charge < -0.3 is 14.4 Å². The van der Waals surface area contributed by atoms with Crippen molar-refractivity contribution in [2.75, 3.05) is 26.3 Å². The van der Waals surface area contributed by atoms with Crippen molar-refractivity contribution in [2.24, 2.45) is 0 Å². The largest absolute Gasteiger partial charge is 0.346 e. The molecule has 1 aromatic carbocycles. The standard InChI is InChI=1S/C15H18ClNO3/c1-11-9-12(3-4-13(11)16)14(18)17-6-2-5-15(10-17)19-7-8-20-15/h3-4,9H,2,5-8,10H2,1H3. The molecule has 0 atom stereocenters. The van der Waals surface area contributed by atoms with Crippen LogP contribution in [0.2, 0.25) is 5.02 Å². The molecule has 2 aliphatic rings. The monoisotopic (exact) mass is 295 g/mol. The molecule has 0 saturated carbocycles. The van der Waals surface area contributed by atoms with Crippen molar-refractivity contribution in [3.8, 4) is 0 Å². The Morgan fingerprint density at radius 2 is 2.10 bits per heavy atom. The normalized spacial score (nSPS) is 21.4. The van der Waals surface area contributed by atoms with Gasteiger partial charge in [0, 0.05) is 23.6 Å². The Morgan fingerprint density at radius 1 is 1.35 bits per heavy atom. The van der Waals surface area contributed by atoms with Crippen molar-refractivity contribution < 1.29 is 14.3 Å². The number of benzene rings is 1. The number of carbonyl (C=O) groups excluding carboxylic acids is 1. The first-order valence-corrected chi connectivity index (χ1v) is 7.31. The van der Waals surface area contributed by atoms with Crippen molar-refractivity contribution in [1.29, 1.82) is 0 Å². The average Bonchev–Trinajstić information content (AvgIpc) is 2.89. The maximum absolute atomic E-state index is 12.6. The van der Waals surface area contributed by atoms with E-state index < -0.39 is 5.79 Å². The summed E-state index contributed by atoms with van der Waals surface area (Å²) in [5.74, 6) is -0.557. The number of amides is 1. The number of piperidine rings is 1. The zero-order valence-corrected chi connectivity index (χ0v) is 12.3. The zero-order chi connectivity index (χ0) is 14.2. The number of likely N-dealkylation sites (tertiary alicyclic amines) is 1. The van der Waals surface area contributed by atoms with Crippen molar-refractivity contribution >= 4 is 17.5 Å². The summed E-state index contributed by atoms with van der Waals surface area (Å²) in [6.45, 7) is 4.38. The topological polar surface area (TPSA) is 38.8 Å². The third kappa shape index (κ3) is 2.55. The van der Waals surface area contributed by atoms with E-state index in [9.17, 15) is 4.79 Å². The van der Waals surface area contributed by atoms with E-state index in [-0.39, 0.29) is 5.91 Å². The third-order valence-electron chi connectivity index (χ3n) is 3.92. The van der Waals surface area contributed by atoms with Gasteiger partial charge in [-0.15, -0.1) is 0 Å².